The Balaban J connectivity index is 1.60. The second-order valence-electron chi connectivity index (χ2n) is 7.66. The average molecular weight is 421 g/mol. The van der Waals surface area contributed by atoms with E-state index in [1.54, 1.807) is 11.2 Å². The summed E-state index contributed by atoms with van der Waals surface area (Å²) in [7, 11) is 0. The molecule has 2 aromatic rings. The van der Waals surface area contributed by atoms with Crippen LogP contribution in [0.25, 0.3) is 0 Å². The molecule has 1 saturated heterocycles. The van der Waals surface area contributed by atoms with E-state index in [0.29, 0.717) is 16.7 Å². The molecule has 2 N–H and O–H groups in total. The van der Waals surface area contributed by atoms with E-state index in [4.69, 9.17) is 28.2 Å². The highest BCUT2D eigenvalue weighted by atomic mass is 35.5. The number of likely N-dealkylation sites (tertiary alicyclic amines) is 1. The molecule has 152 valence electrons. The van der Waals surface area contributed by atoms with E-state index in [-0.39, 0.29) is 0 Å². The summed E-state index contributed by atoms with van der Waals surface area (Å²) in [6.45, 7) is 7.46. The number of nitrogens with zero attached hydrogens (tertiary/aromatic N) is 1. The summed E-state index contributed by atoms with van der Waals surface area (Å²) in [6, 6.07) is 9.75. The number of rotatable bonds is 7. The van der Waals surface area contributed by atoms with Gasteiger partial charge in [-0.05, 0) is 74.7 Å². The van der Waals surface area contributed by atoms with Crippen molar-refractivity contribution in [2.45, 2.75) is 45.6 Å². The number of thiocarbonyl (C=S) groups is 1. The molecule has 4 nitrogen and oxygen atoms in total. The van der Waals surface area contributed by atoms with Crippen LogP contribution in [0.5, 0.6) is 0 Å². The smallest absolute Gasteiger partial charge is 0.173 e. The Morgan fingerprint density at radius 1 is 1.21 bits per heavy atom. The van der Waals surface area contributed by atoms with Crippen LogP contribution in [0.4, 0.5) is 5.69 Å². The molecular formula is C22H31ClN3OS+. The zero-order valence-corrected chi connectivity index (χ0v) is 18.2. The van der Waals surface area contributed by atoms with E-state index in [0.717, 1.165) is 30.0 Å². The summed E-state index contributed by atoms with van der Waals surface area (Å²) < 4.78 is 5.56. The van der Waals surface area contributed by atoms with Crippen LogP contribution in [0, 0.1) is 6.92 Å². The van der Waals surface area contributed by atoms with Gasteiger partial charge in [-0.25, -0.2) is 0 Å². The second kappa shape index (κ2) is 10.8. The molecule has 1 aromatic carbocycles. The topological polar surface area (TPSA) is 32.9 Å². The molecule has 0 saturated carbocycles. The Labute approximate surface area is 178 Å². The number of anilines is 1. The average Bonchev–Trinajstić information content (AvgIpc) is 3.05. The Bertz CT molecular complexity index is 742. The third-order valence-electron chi connectivity index (χ3n) is 5.42. The van der Waals surface area contributed by atoms with Gasteiger partial charge in [0.15, 0.2) is 5.11 Å². The van der Waals surface area contributed by atoms with Crippen LogP contribution >= 0.6 is 23.8 Å². The van der Waals surface area contributed by atoms with Crippen molar-refractivity contribution in [3.63, 3.8) is 0 Å². The van der Waals surface area contributed by atoms with Crippen molar-refractivity contribution < 1.29 is 9.32 Å². The number of hydrogen-bond donors (Lipinski definition) is 2. The van der Waals surface area contributed by atoms with Crippen LogP contribution in [0.2, 0.25) is 5.02 Å². The first-order chi connectivity index (χ1) is 13.6. The summed E-state index contributed by atoms with van der Waals surface area (Å²) in [5.74, 6) is 0.925. The molecule has 1 aromatic heterocycles. The van der Waals surface area contributed by atoms with Gasteiger partial charge in [-0.2, -0.15) is 0 Å². The van der Waals surface area contributed by atoms with Crippen molar-refractivity contribution >= 4 is 34.6 Å². The second-order valence-corrected chi connectivity index (χ2v) is 8.48. The first-order valence-corrected chi connectivity index (χ1v) is 11.1. The molecule has 0 spiro atoms. The summed E-state index contributed by atoms with van der Waals surface area (Å²) in [4.78, 5) is 3.94. The molecule has 0 unspecified atom stereocenters. The van der Waals surface area contributed by atoms with Crippen LogP contribution in [0.15, 0.2) is 41.0 Å². The van der Waals surface area contributed by atoms with E-state index in [1.807, 2.05) is 30.3 Å². The Morgan fingerprint density at radius 2 is 2.00 bits per heavy atom. The predicted molar refractivity (Wildman–Crippen MR) is 120 cm³/mol. The summed E-state index contributed by atoms with van der Waals surface area (Å²) >= 11 is 11.9. The number of aryl methyl sites for hydroxylation is 1. The fraction of sp³-hybridized carbons (Fsp3) is 0.500. The molecule has 1 aliphatic rings. The minimum Gasteiger partial charge on any atom is -0.467 e. The van der Waals surface area contributed by atoms with Gasteiger partial charge in [-0.3, -0.25) is 0 Å². The van der Waals surface area contributed by atoms with Gasteiger partial charge in [-0.1, -0.05) is 17.7 Å². The molecule has 1 fully saturated rings. The van der Waals surface area contributed by atoms with Crippen molar-refractivity contribution in [3.8, 4) is 0 Å². The number of furan rings is 1. The van der Waals surface area contributed by atoms with Crippen LogP contribution < -0.4 is 10.2 Å². The first-order valence-electron chi connectivity index (χ1n) is 10.3. The van der Waals surface area contributed by atoms with E-state index < -0.39 is 0 Å². The van der Waals surface area contributed by atoms with Crippen molar-refractivity contribution in [1.29, 1.82) is 0 Å². The van der Waals surface area contributed by atoms with Gasteiger partial charge in [0.05, 0.1) is 32.4 Å². The van der Waals surface area contributed by atoms with Gasteiger partial charge in [0, 0.05) is 23.7 Å². The maximum absolute atomic E-state index is 6.16. The van der Waals surface area contributed by atoms with E-state index >= 15 is 0 Å². The van der Waals surface area contributed by atoms with Crippen LogP contribution in [0.1, 0.15) is 43.4 Å². The number of hydrogen-bond acceptors (Lipinski definition) is 2. The fourth-order valence-electron chi connectivity index (χ4n) is 3.76. The zero-order valence-electron chi connectivity index (χ0n) is 16.7. The number of quaternary nitrogens is 1. The summed E-state index contributed by atoms with van der Waals surface area (Å²) in [5.41, 5.74) is 2.08. The van der Waals surface area contributed by atoms with Gasteiger partial charge in [0.25, 0.3) is 0 Å². The molecule has 28 heavy (non-hydrogen) atoms. The van der Waals surface area contributed by atoms with Gasteiger partial charge < -0.3 is 19.5 Å². The lowest BCUT2D eigenvalue weighted by atomic mass is 10.2. The standard InChI is InChI=1S/C22H30ClN3OS/c1-18-9-10-19(23)16-21(18)24-22(28)26(17-20-8-6-15-27-20)14-7-13-25-11-4-2-3-5-12-25/h6,8-10,15-16H,2-5,7,11-14,17H2,1H3,(H,24,28)/p+1. The zero-order chi connectivity index (χ0) is 19.8. The highest BCUT2D eigenvalue weighted by molar-refractivity contribution is 7.80. The molecule has 0 radical (unpaired) electrons. The van der Waals surface area contributed by atoms with Crippen molar-refractivity contribution in [2.24, 2.45) is 0 Å². The molecule has 6 heteroatoms. The lowest BCUT2D eigenvalue weighted by Crippen LogP contribution is -3.11. The van der Waals surface area contributed by atoms with Crippen LogP contribution in [-0.4, -0.2) is 36.2 Å². The van der Waals surface area contributed by atoms with E-state index in [9.17, 15) is 0 Å². The van der Waals surface area contributed by atoms with Gasteiger partial charge in [0.2, 0.25) is 0 Å². The maximum atomic E-state index is 6.16. The van der Waals surface area contributed by atoms with Crippen molar-refractivity contribution in [3.05, 3.63) is 52.9 Å². The van der Waals surface area contributed by atoms with E-state index in [2.05, 4.69) is 17.1 Å². The maximum Gasteiger partial charge on any atom is 0.173 e. The number of nitrogens with one attached hydrogen (secondary N) is 2. The molecule has 0 amide bonds. The predicted octanol–water partition coefficient (Wildman–Crippen LogP) is 4.29. The molecule has 0 bridgehead atoms. The SMILES string of the molecule is Cc1ccc(Cl)cc1NC(=S)N(CCC[NH+]1CCCCCC1)Cc1ccco1. The highest BCUT2D eigenvalue weighted by Gasteiger charge is 2.16. The molecule has 0 atom stereocenters. The summed E-state index contributed by atoms with van der Waals surface area (Å²) in [5, 5.41) is 4.81. The summed E-state index contributed by atoms with van der Waals surface area (Å²) in [6.07, 6.45) is 8.33. The minimum absolute atomic E-state index is 0.674. The lowest BCUT2D eigenvalue weighted by Gasteiger charge is -2.26. The van der Waals surface area contributed by atoms with Crippen molar-refractivity contribution in [1.82, 2.24) is 4.90 Å². The Kier molecular flexibility index (Phi) is 8.19. The number of halogens is 1. The lowest BCUT2D eigenvalue weighted by molar-refractivity contribution is -0.899. The van der Waals surface area contributed by atoms with Gasteiger partial charge in [-0.15, -0.1) is 0 Å². The number of benzene rings is 1. The van der Waals surface area contributed by atoms with Crippen LogP contribution in [-0.2, 0) is 6.54 Å². The monoisotopic (exact) mass is 420 g/mol. The minimum atomic E-state index is 0.674. The van der Waals surface area contributed by atoms with Gasteiger partial charge >= 0.3 is 0 Å². The highest BCUT2D eigenvalue weighted by Crippen LogP contribution is 2.21. The van der Waals surface area contributed by atoms with Crippen molar-refractivity contribution in [2.75, 3.05) is 31.5 Å². The Hall–Kier alpha value is -1.56. The molecule has 0 aliphatic carbocycles. The molecule has 1 aliphatic heterocycles. The Morgan fingerprint density at radius 3 is 2.71 bits per heavy atom. The fourth-order valence-corrected chi connectivity index (χ4v) is 4.20. The molecular weight excluding hydrogens is 390 g/mol. The first kappa shape index (κ1) is 21.2. The quantitative estimate of drug-likeness (QED) is 0.654. The normalized spacial score (nSPS) is 15.2. The third kappa shape index (κ3) is 6.50. The third-order valence-corrected chi connectivity index (χ3v) is 6.02. The van der Waals surface area contributed by atoms with E-state index in [1.165, 1.54) is 45.3 Å². The van der Waals surface area contributed by atoms with Crippen LogP contribution in [0.3, 0.4) is 0 Å². The van der Waals surface area contributed by atoms with Gasteiger partial charge in [0.1, 0.15) is 5.76 Å². The largest absolute Gasteiger partial charge is 0.467 e. The molecule has 2 heterocycles. The molecule has 3 rings (SSSR count).